The topological polar surface area (TPSA) is 487 Å². The smallest absolute Gasteiger partial charge is 0.175 e. The van der Waals surface area contributed by atoms with Gasteiger partial charge in [-0.25, -0.2) is 118 Å². The molecule has 11 aromatic rings. The Morgan fingerprint density at radius 2 is 0.250 bits per heavy atom. The third-order valence-corrected chi connectivity index (χ3v) is 24.0. The van der Waals surface area contributed by atoms with Crippen molar-refractivity contribution in [3.63, 3.8) is 0 Å². The van der Waals surface area contributed by atoms with Crippen LogP contribution in [-0.4, -0.2) is 237 Å². The number of benzene rings is 11. The van der Waals surface area contributed by atoms with E-state index in [4.69, 9.17) is 4.74 Å². The van der Waals surface area contributed by atoms with Gasteiger partial charge in [-0.1, -0.05) is 170 Å². The van der Waals surface area contributed by atoms with Crippen molar-refractivity contribution in [2.24, 2.45) is 0 Å². The van der Waals surface area contributed by atoms with Crippen LogP contribution in [0, 0.1) is 0 Å². The molecule has 0 saturated carbocycles. The van der Waals surface area contributed by atoms with Gasteiger partial charge in [-0.2, -0.15) is 0 Å². The summed E-state index contributed by atoms with van der Waals surface area (Å²) in [5, 5.41) is 0. The van der Waals surface area contributed by atoms with Crippen molar-refractivity contribution in [2.75, 3.05) is 119 Å². The highest BCUT2D eigenvalue weighted by Gasteiger charge is 2.16. The Bertz CT molecular complexity index is 6490. The summed E-state index contributed by atoms with van der Waals surface area (Å²) in [4.78, 5) is 1.57. The Morgan fingerprint density at radius 3 is 0.398 bits per heavy atom. The van der Waals surface area contributed by atoms with E-state index >= 15 is 0 Å². The van der Waals surface area contributed by atoms with Crippen LogP contribution in [0.3, 0.4) is 0 Å². The maximum Gasteiger partial charge on any atom is 0.175 e. The first-order valence-electron chi connectivity index (χ1n) is 35.9. The van der Waals surface area contributed by atoms with Crippen LogP contribution in [0.15, 0.2) is 341 Å². The second kappa shape index (κ2) is 51.8. The summed E-state index contributed by atoms with van der Waals surface area (Å²) in [5.41, 5.74) is 6.77. The Hall–Kier alpha value is -9.48. The Balaban J connectivity index is 0.00000142. The Morgan fingerprint density at radius 1 is 0.133 bits per heavy atom. The molecule has 0 amide bonds. The van der Waals surface area contributed by atoms with Gasteiger partial charge in [0.25, 0.3) is 0 Å². The lowest BCUT2D eigenvalue weighted by Crippen LogP contribution is -2.01. The molecule has 0 fully saturated rings. The van der Waals surface area contributed by atoms with Gasteiger partial charge in [-0.05, 0) is 161 Å². The fourth-order valence-electron chi connectivity index (χ4n) is 8.49. The van der Waals surface area contributed by atoms with E-state index in [1.807, 2.05) is 24.3 Å². The minimum atomic E-state index is -3.35. The van der Waals surface area contributed by atoms with Gasteiger partial charge in [0.15, 0.2) is 88.5 Å². The first-order valence-corrected chi connectivity index (χ1v) is 64.4. The molecule has 0 aliphatic rings. The van der Waals surface area contributed by atoms with Crippen molar-refractivity contribution >= 4 is 138 Å². The van der Waals surface area contributed by atoms with Crippen LogP contribution in [0.4, 0.5) is 0 Å². The number of hydrogen-bond donors (Lipinski definition) is 0. The number of sulfone groups is 14. The lowest BCUT2D eigenvalue weighted by atomic mass is 10.1. The van der Waals surface area contributed by atoms with Gasteiger partial charge in [0.2, 0.25) is 0 Å². The summed E-state index contributed by atoms with van der Waals surface area (Å²) >= 11 is 0. The van der Waals surface area contributed by atoms with Crippen LogP contribution in [0.2, 0.25) is 0 Å². The zero-order chi connectivity index (χ0) is 99.2. The van der Waals surface area contributed by atoms with Crippen LogP contribution in [0.25, 0.3) is 33.4 Å². The van der Waals surface area contributed by atoms with Crippen molar-refractivity contribution in [2.45, 2.75) is 44.1 Å². The molecule has 11 aromatic carbocycles. The molecule has 0 aliphatic heterocycles. The van der Waals surface area contributed by atoms with Crippen molar-refractivity contribution in [3.05, 3.63) is 297 Å². The van der Waals surface area contributed by atoms with E-state index in [2.05, 4.69) is 97.1 Å². The molecule has 0 aliphatic carbocycles. The van der Waals surface area contributed by atoms with Gasteiger partial charge >= 0.3 is 0 Å². The maximum atomic E-state index is 11.4. The third-order valence-electron chi connectivity index (χ3n) is 13.9. The summed E-state index contributed by atoms with van der Waals surface area (Å²) in [7, 11) is -42.4. The normalized spacial score (nSPS) is 11.6. The molecule has 0 radical (unpaired) electrons. The van der Waals surface area contributed by atoms with Crippen molar-refractivity contribution < 1.29 is 123 Å². The zero-order valence-electron chi connectivity index (χ0n) is 73.3. The number of hydrogen-bond acceptors (Lipinski definition) is 29. The van der Waals surface area contributed by atoms with Gasteiger partial charge in [-0.15, -0.1) is 0 Å². The molecule has 0 heterocycles. The molecule has 11 rings (SSSR count). The first-order chi connectivity index (χ1) is 57.8. The summed E-state index contributed by atoms with van der Waals surface area (Å²) in [6.45, 7) is 0. The molecule has 0 spiro atoms. The summed E-state index contributed by atoms with van der Waals surface area (Å²) < 4.78 is 303. The maximum absolute atomic E-state index is 11.4. The zero-order valence-corrected chi connectivity index (χ0v) is 84.8. The predicted molar refractivity (Wildman–Crippen MR) is 510 cm³/mol. The second-order valence-corrected chi connectivity index (χ2v) is 58.1. The van der Waals surface area contributed by atoms with Crippen molar-refractivity contribution in [3.8, 4) is 44.9 Å². The van der Waals surface area contributed by atoms with Gasteiger partial charge in [0, 0.05) is 119 Å². The molecule has 43 heteroatoms. The van der Waals surface area contributed by atoms with E-state index in [-0.39, 0.29) is 39.2 Å². The largest absolute Gasteiger partial charge is 0.457 e. The quantitative estimate of drug-likeness (QED) is 0.0975. The average molecular weight is 2040 g/mol. The molecular weight excluding hydrogens is 1930 g/mol. The van der Waals surface area contributed by atoms with E-state index in [0.29, 0.717) is 16.4 Å². The number of rotatable bonds is 14. The highest BCUT2D eigenvalue weighted by Crippen LogP contribution is 2.27. The fraction of sp³-hybridized carbons (Fsp3) is 0.224. The average Bonchev–Trinajstić information content (AvgIpc) is 0.820. The molecule has 0 N–H and O–H groups in total. The molecule has 128 heavy (non-hydrogen) atoms. The molecular formula is C85H106O29S14. The third kappa shape index (κ3) is 60.3. The lowest BCUT2D eigenvalue weighted by molar-refractivity contribution is 0.481. The van der Waals surface area contributed by atoms with Crippen LogP contribution < -0.4 is 4.74 Å². The van der Waals surface area contributed by atoms with E-state index < -0.39 is 138 Å². The molecule has 29 nitrogen and oxygen atoms in total. The molecule has 0 atom stereocenters. The first kappa shape index (κ1) is 119. The Kier molecular flexibility index (Phi) is 48.0. The van der Waals surface area contributed by atoms with Crippen molar-refractivity contribution in [1.29, 1.82) is 0 Å². The van der Waals surface area contributed by atoms with Crippen LogP contribution in [0.5, 0.6) is 11.5 Å². The minimum Gasteiger partial charge on any atom is -0.457 e. The summed E-state index contributed by atoms with van der Waals surface area (Å²) in [6, 6.07) is 85.3. The summed E-state index contributed by atoms with van der Waals surface area (Å²) in [6.07, 6.45) is 21.6. The standard InChI is InChI=1S/C14H14O5S2.C14H14O4S2.2C12H10.2C8H10O4S2.C7H8O2S.5C2H6O2S/c1-20(15,16)13-7-3-11(4-8-13)19-12-5-9-14(10-6-12)21(2,17)18;1-19(15,16)13-7-3-11(4-8-13)12-5-9-14(10-6-12)20(2,17)18;2*1-3-7-11(8-4-1)12-9-5-2-6-10-12;1-13(9,10)7-3-5-8(6-4-7)14(2,11)12;1-13(9,10)7-4-3-5-8(6-7)14(2,11)12;1-10(8,9)7-5-3-2-4-6-7;5*1-5(2,3)4/h3-10H,1-2H3;3-10H,1-2H3;2*1-10H;2*3-6H,1-2H3;2-6H,1H3;5*1-2H3. The van der Waals surface area contributed by atoms with Crippen LogP contribution >= 0.6 is 0 Å². The SMILES string of the molecule is CS(=O)(=O)c1ccc(-c2ccc(S(C)(=O)=O)cc2)cc1.CS(=O)(=O)c1ccc(Oc2ccc(S(C)(=O)=O)cc2)cc1.CS(=O)(=O)c1ccc(S(C)(=O)=O)cc1.CS(=O)(=O)c1cccc(S(C)(=O)=O)c1.CS(=O)(=O)c1ccccc1.CS(C)(=O)=O.CS(C)(=O)=O.CS(C)(=O)=O.CS(C)(=O)=O.CS(C)(=O)=O.c1ccc(-c2ccccc2)cc1.c1ccc(-c2ccccc2)cc1. The molecule has 0 bridgehead atoms. The number of ether oxygens (including phenoxy) is 1. The minimum absolute atomic E-state index is 0.0143. The van der Waals surface area contributed by atoms with Gasteiger partial charge in [-0.3, -0.25) is 0 Å². The van der Waals surface area contributed by atoms with Gasteiger partial charge in [0.05, 0.1) is 44.1 Å². The predicted octanol–water partition coefficient (Wildman–Crippen LogP) is 11.5. The fourth-order valence-corrected chi connectivity index (χ4v) is 14.3. The second-order valence-electron chi connectivity index (χ2n) is 28.5. The Labute approximate surface area is 758 Å². The van der Waals surface area contributed by atoms with Gasteiger partial charge in [0.1, 0.15) is 60.7 Å². The van der Waals surface area contributed by atoms with E-state index in [9.17, 15) is 118 Å². The lowest BCUT2D eigenvalue weighted by Gasteiger charge is -2.07. The van der Waals surface area contributed by atoms with Crippen LogP contribution in [-0.2, 0) is 138 Å². The van der Waals surface area contributed by atoms with Crippen LogP contribution in [0.1, 0.15) is 0 Å². The highest BCUT2D eigenvalue weighted by molar-refractivity contribution is 7.94. The van der Waals surface area contributed by atoms with E-state index in [1.165, 1.54) is 120 Å². The molecule has 0 saturated heterocycles. The molecule has 0 unspecified atom stereocenters. The molecule has 0 aromatic heterocycles. The highest BCUT2D eigenvalue weighted by atomic mass is 32.2. The van der Waals surface area contributed by atoms with E-state index in [0.717, 1.165) is 130 Å². The summed E-state index contributed by atoms with van der Waals surface area (Å²) in [5.74, 6) is 0.934. The monoisotopic (exact) mass is 2040 g/mol. The van der Waals surface area contributed by atoms with E-state index in [1.54, 1.807) is 78.9 Å². The molecule has 704 valence electrons. The van der Waals surface area contributed by atoms with Gasteiger partial charge < -0.3 is 4.74 Å². The van der Waals surface area contributed by atoms with Crippen molar-refractivity contribution in [1.82, 2.24) is 0 Å².